The van der Waals surface area contributed by atoms with Gasteiger partial charge in [-0.3, -0.25) is 9.78 Å². The van der Waals surface area contributed by atoms with Gasteiger partial charge in [-0.25, -0.2) is 0 Å². The number of nitrogens with zero attached hydrogens (tertiary/aromatic N) is 2. The molecule has 0 aromatic carbocycles. The van der Waals surface area contributed by atoms with E-state index in [1.807, 2.05) is 0 Å². The molecular formula is C11H14N2O2. The molecule has 4 heteroatoms. The maximum Gasteiger partial charge on any atom is 0.257 e. The zero-order valence-electron chi connectivity index (χ0n) is 8.52. The highest BCUT2D eigenvalue weighted by Gasteiger charge is 2.20. The molecule has 1 aromatic heterocycles. The lowest BCUT2D eigenvalue weighted by Gasteiger charge is -2.26. The third-order valence-electron chi connectivity index (χ3n) is 2.67. The summed E-state index contributed by atoms with van der Waals surface area (Å²) in [5.41, 5.74) is 0.354. The molecule has 0 atom stereocenters. The Morgan fingerprint density at radius 2 is 2.07 bits per heavy atom. The van der Waals surface area contributed by atoms with E-state index in [-0.39, 0.29) is 11.7 Å². The molecule has 0 saturated carbocycles. The summed E-state index contributed by atoms with van der Waals surface area (Å²) < 4.78 is 0. The van der Waals surface area contributed by atoms with Crippen molar-refractivity contribution >= 4 is 5.91 Å². The molecule has 15 heavy (non-hydrogen) atoms. The predicted molar refractivity (Wildman–Crippen MR) is 55.7 cm³/mol. The van der Waals surface area contributed by atoms with Gasteiger partial charge in [0.2, 0.25) is 0 Å². The molecule has 1 N–H and O–H groups in total. The first kappa shape index (κ1) is 9.96. The summed E-state index contributed by atoms with van der Waals surface area (Å²) in [5.74, 6) is -0.123. The van der Waals surface area contributed by atoms with Gasteiger partial charge in [0.15, 0.2) is 0 Å². The van der Waals surface area contributed by atoms with E-state index in [9.17, 15) is 9.90 Å². The van der Waals surface area contributed by atoms with E-state index in [0.29, 0.717) is 5.56 Å². The fourth-order valence-corrected chi connectivity index (χ4v) is 1.83. The van der Waals surface area contributed by atoms with Crippen LogP contribution in [0.25, 0.3) is 0 Å². The van der Waals surface area contributed by atoms with Crippen LogP contribution in [0.3, 0.4) is 0 Å². The molecule has 0 bridgehead atoms. The first-order valence-corrected chi connectivity index (χ1v) is 5.21. The fourth-order valence-electron chi connectivity index (χ4n) is 1.83. The van der Waals surface area contributed by atoms with Crippen molar-refractivity contribution in [2.45, 2.75) is 19.3 Å². The number of carbonyl (C=O) groups excluding carboxylic acids is 1. The van der Waals surface area contributed by atoms with Gasteiger partial charge in [-0.05, 0) is 25.3 Å². The van der Waals surface area contributed by atoms with Gasteiger partial charge in [-0.2, -0.15) is 0 Å². The Kier molecular flexibility index (Phi) is 2.85. The van der Waals surface area contributed by atoms with Crippen molar-refractivity contribution in [2.75, 3.05) is 13.1 Å². The van der Waals surface area contributed by atoms with E-state index < -0.39 is 0 Å². The molecule has 0 spiro atoms. The first-order valence-electron chi connectivity index (χ1n) is 5.21. The van der Waals surface area contributed by atoms with Crippen molar-refractivity contribution in [2.24, 2.45) is 0 Å². The summed E-state index contributed by atoms with van der Waals surface area (Å²) >= 11 is 0. The largest absolute Gasteiger partial charge is 0.505 e. The van der Waals surface area contributed by atoms with Crippen LogP contribution in [-0.4, -0.2) is 34.0 Å². The van der Waals surface area contributed by atoms with Gasteiger partial charge in [0.1, 0.15) is 5.75 Å². The topological polar surface area (TPSA) is 53.4 Å². The average Bonchev–Trinajstić information content (AvgIpc) is 2.30. The summed E-state index contributed by atoms with van der Waals surface area (Å²) in [6, 6.07) is 1.56. The number of pyridine rings is 1. The lowest BCUT2D eigenvalue weighted by Crippen LogP contribution is -2.35. The highest BCUT2D eigenvalue weighted by molar-refractivity contribution is 5.96. The Labute approximate surface area is 88.6 Å². The molecule has 80 valence electrons. The van der Waals surface area contributed by atoms with Gasteiger partial charge in [0.05, 0.1) is 11.8 Å². The second-order valence-corrected chi connectivity index (χ2v) is 3.75. The van der Waals surface area contributed by atoms with Crippen LogP contribution in [0.2, 0.25) is 0 Å². The summed E-state index contributed by atoms with van der Waals surface area (Å²) in [7, 11) is 0. The quantitative estimate of drug-likeness (QED) is 0.756. The SMILES string of the molecule is O=C(c1ccncc1O)N1CCCCC1. The van der Waals surface area contributed by atoms with E-state index in [2.05, 4.69) is 4.98 Å². The van der Waals surface area contributed by atoms with Crippen molar-refractivity contribution in [3.63, 3.8) is 0 Å². The van der Waals surface area contributed by atoms with Crippen molar-refractivity contribution in [1.29, 1.82) is 0 Å². The van der Waals surface area contributed by atoms with Crippen LogP contribution in [0.1, 0.15) is 29.6 Å². The first-order chi connectivity index (χ1) is 7.29. The molecule has 1 amide bonds. The highest BCUT2D eigenvalue weighted by atomic mass is 16.3. The molecule has 1 aliphatic rings. The Morgan fingerprint density at radius 3 is 2.73 bits per heavy atom. The minimum atomic E-state index is -0.0883. The molecule has 0 unspecified atom stereocenters. The van der Waals surface area contributed by atoms with Crippen LogP contribution in [0, 0.1) is 0 Å². The molecule has 0 aliphatic carbocycles. The van der Waals surface area contributed by atoms with Gasteiger partial charge in [-0.1, -0.05) is 0 Å². The fraction of sp³-hybridized carbons (Fsp3) is 0.455. The second kappa shape index (κ2) is 4.29. The number of hydrogen-bond acceptors (Lipinski definition) is 3. The maximum absolute atomic E-state index is 12.0. The number of aromatic nitrogens is 1. The molecule has 1 aliphatic heterocycles. The average molecular weight is 206 g/mol. The summed E-state index contributed by atoms with van der Waals surface area (Å²) in [6.07, 6.45) is 6.12. The molecule has 1 saturated heterocycles. The van der Waals surface area contributed by atoms with Crippen LogP contribution in [0.5, 0.6) is 5.75 Å². The lowest BCUT2D eigenvalue weighted by molar-refractivity contribution is 0.0721. The van der Waals surface area contributed by atoms with Crippen LogP contribution >= 0.6 is 0 Å². The molecule has 2 heterocycles. The van der Waals surface area contributed by atoms with E-state index >= 15 is 0 Å². The molecular weight excluding hydrogens is 192 g/mol. The van der Waals surface area contributed by atoms with Crippen LogP contribution in [0.15, 0.2) is 18.5 Å². The van der Waals surface area contributed by atoms with Crippen LogP contribution in [-0.2, 0) is 0 Å². The maximum atomic E-state index is 12.0. The minimum absolute atomic E-state index is 0.0342. The Balaban J connectivity index is 2.16. The van der Waals surface area contributed by atoms with E-state index in [1.165, 1.54) is 18.8 Å². The number of aromatic hydroxyl groups is 1. The van der Waals surface area contributed by atoms with Crippen LogP contribution < -0.4 is 0 Å². The molecule has 1 aromatic rings. The third kappa shape index (κ3) is 2.09. The van der Waals surface area contributed by atoms with E-state index in [1.54, 1.807) is 11.0 Å². The van der Waals surface area contributed by atoms with Crippen molar-refractivity contribution in [3.8, 4) is 5.75 Å². The Morgan fingerprint density at radius 1 is 1.33 bits per heavy atom. The van der Waals surface area contributed by atoms with Gasteiger partial charge in [0.25, 0.3) is 5.91 Å². The summed E-state index contributed by atoms with van der Waals surface area (Å²) in [6.45, 7) is 1.58. The number of carbonyl (C=O) groups is 1. The zero-order chi connectivity index (χ0) is 10.7. The lowest BCUT2D eigenvalue weighted by atomic mass is 10.1. The number of hydrogen-bond donors (Lipinski definition) is 1. The molecule has 1 fully saturated rings. The van der Waals surface area contributed by atoms with Gasteiger partial charge in [-0.15, -0.1) is 0 Å². The summed E-state index contributed by atoms with van der Waals surface area (Å²) in [4.78, 5) is 17.5. The monoisotopic (exact) mass is 206 g/mol. The number of rotatable bonds is 1. The Hall–Kier alpha value is -1.58. The minimum Gasteiger partial charge on any atom is -0.505 e. The second-order valence-electron chi connectivity index (χ2n) is 3.75. The van der Waals surface area contributed by atoms with Crippen LogP contribution in [0.4, 0.5) is 0 Å². The normalized spacial score (nSPS) is 16.4. The van der Waals surface area contributed by atoms with Gasteiger partial charge in [0, 0.05) is 19.3 Å². The third-order valence-corrected chi connectivity index (χ3v) is 2.67. The van der Waals surface area contributed by atoms with E-state index in [0.717, 1.165) is 25.9 Å². The summed E-state index contributed by atoms with van der Waals surface area (Å²) in [5, 5.41) is 9.50. The molecule has 2 rings (SSSR count). The standard InChI is InChI=1S/C11H14N2O2/c14-10-8-12-5-4-9(10)11(15)13-6-2-1-3-7-13/h4-5,8,14H,1-3,6-7H2. The molecule has 4 nitrogen and oxygen atoms in total. The van der Waals surface area contributed by atoms with Gasteiger partial charge >= 0.3 is 0 Å². The highest BCUT2D eigenvalue weighted by Crippen LogP contribution is 2.19. The zero-order valence-corrected chi connectivity index (χ0v) is 8.52. The van der Waals surface area contributed by atoms with E-state index in [4.69, 9.17) is 0 Å². The van der Waals surface area contributed by atoms with Crippen molar-refractivity contribution in [3.05, 3.63) is 24.0 Å². The number of piperidine rings is 1. The van der Waals surface area contributed by atoms with Gasteiger partial charge < -0.3 is 10.0 Å². The van der Waals surface area contributed by atoms with Crippen molar-refractivity contribution < 1.29 is 9.90 Å². The Bertz CT molecular complexity index is 359. The predicted octanol–water partition coefficient (Wildman–Crippen LogP) is 1.41. The number of likely N-dealkylation sites (tertiary alicyclic amines) is 1. The molecule has 0 radical (unpaired) electrons. The number of amides is 1. The van der Waals surface area contributed by atoms with Crippen molar-refractivity contribution in [1.82, 2.24) is 9.88 Å². The smallest absolute Gasteiger partial charge is 0.257 e.